The summed E-state index contributed by atoms with van der Waals surface area (Å²) in [5.41, 5.74) is 0.440. The van der Waals surface area contributed by atoms with Crippen LogP contribution in [0.5, 0.6) is 11.5 Å². The molecule has 0 heterocycles. The fourth-order valence-electron chi connectivity index (χ4n) is 2.21. The quantitative estimate of drug-likeness (QED) is 0.577. The highest BCUT2D eigenvalue weighted by Crippen LogP contribution is 2.28. The lowest BCUT2D eigenvalue weighted by atomic mass is 10.2. The van der Waals surface area contributed by atoms with Crippen LogP contribution in [0.2, 0.25) is 0 Å². The van der Waals surface area contributed by atoms with E-state index in [4.69, 9.17) is 14.2 Å². The van der Waals surface area contributed by atoms with Crippen LogP contribution in [0, 0.1) is 11.6 Å². The molecular formula is C20H19F2NO5. The smallest absolute Gasteiger partial charge is 0.331 e. The molecular weight excluding hydrogens is 372 g/mol. The summed E-state index contributed by atoms with van der Waals surface area (Å²) in [6.07, 6.45) is 1.44. The summed E-state index contributed by atoms with van der Waals surface area (Å²) in [6.45, 7) is 1.33. The zero-order valence-corrected chi connectivity index (χ0v) is 15.5. The van der Waals surface area contributed by atoms with Gasteiger partial charge in [0.25, 0.3) is 5.91 Å². The van der Waals surface area contributed by atoms with Gasteiger partial charge >= 0.3 is 5.97 Å². The standard InChI is InChI=1S/C20H19F2NO5/c1-12(20(25)23-16-7-6-14(21)11-15(16)22)28-19(24)9-5-13-4-8-17(26-2)18(10-13)27-3/h4-12H,1-3H3,(H,23,25)/b9-5+. The molecule has 28 heavy (non-hydrogen) atoms. The third-order valence-electron chi connectivity index (χ3n) is 3.67. The van der Waals surface area contributed by atoms with E-state index in [2.05, 4.69) is 5.32 Å². The van der Waals surface area contributed by atoms with Crippen molar-refractivity contribution in [3.63, 3.8) is 0 Å². The minimum Gasteiger partial charge on any atom is -0.493 e. The van der Waals surface area contributed by atoms with Gasteiger partial charge in [-0.3, -0.25) is 4.79 Å². The number of anilines is 1. The molecule has 0 saturated carbocycles. The van der Waals surface area contributed by atoms with E-state index in [1.54, 1.807) is 18.2 Å². The number of hydrogen-bond acceptors (Lipinski definition) is 5. The van der Waals surface area contributed by atoms with Gasteiger partial charge in [-0.15, -0.1) is 0 Å². The van der Waals surface area contributed by atoms with E-state index in [1.807, 2.05) is 0 Å². The molecule has 0 aromatic heterocycles. The van der Waals surface area contributed by atoms with Crippen LogP contribution in [-0.2, 0) is 14.3 Å². The first-order chi connectivity index (χ1) is 13.3. The Kier molecular flexibility index (Phi) is 7.08. The zero-order valence-electron chi connectivity index (χ0n) is 15.5. The van der Waals surface area contributed by atoms with Crippen molar-refractivity contribution in [3.05, 3.63) is 59.7 Å². The highest BCUT2D eigenvalue weighted by atomic mass is 19.1. The van der Waals surface area contributed by atoms with Gasteiger partial charge in [0.1, 0.15) is 11.6 Å². The van der Waals surface area contributed by atoms with Crippen LogP contribution in [0.3, 0.4) is 0 Å². The minimum atomic E-state index is -1.19. The van der Waals surface area contributed by atoms with Crippen LogP contribution in [-0.4, -0.2) is 32.2 Å². The molecule has 0 aliphatic heterocycles. The SMILES string of the molecule is COc1ccc(/C=C/C(=O)OC(C)C(=O)Nc2ccc(F)cc2F)cc1OC. The molecule has 0 aliphatic carbocycles. The van der Waals surface area contributed by atoms with Crippen molar-refractivity contribution in [3.8, 4) is 11.5 Å². The van der Waals surface area contributed by atoms with Crippen molar-refractivity contribution < 1.29 is 32.6 Å². The number of carbonyl (C=O) groups excluding carboxylic acids is 2. The second kappa shape index (κ2) is 9.50. The summed E-state index contributed by atoms with van der Waals surface area (Å²) < 4.78 is 41.7. The molecule has 0 radical (unpaired) electrons. The molecule has 0 saturated heterocycles. The van der Waals surface area contributed by atoms with Crippen molar-refractivity contribution in [2.45, 2.75) is 13.0 Å². The fourth-order valence-corrected chi connectivity index (χ4v) is 2.21. The van der Waals surface area contributed by atoms with Gasteiger partial charge in [-0.2, -0.15) is 0 Å². The van der Waals surface area contributed by atoms with Crippen molar-refractivity contribution in [2.75, 3.05) is 19.5 Å². The molecule has 0 bridgehead atoms. The highest BCUT2D eigenvalue weighted by Gasteiger charge is 2.18. The molecule has 0 aliphatic rings. The molecule has 1 unspecified atom stereocenters. The number of nitrogens with one attached hydrogen (secondary N) is 1. The largest absolute Gasteiger partial charge is 0.493 e. The maximum absolute atomic E-state index is 13.6. The van der Waals surface area contributed by atoms with E-state index in [0.29, 0.717) is 23.1 Å². The topological polar surface area (TPSA) is 73.9 Å². The maximum Gasteiger partial charge on any atom is 0.331 e. The average molecular weight is 391 g/mol. The Balaban J connectivity index is 1.96. The summed E-state index contributed by atoms with van der Waals surface area (Å²) in [5.74, 6) is -2.18. The van der Waals surface area contributed by atoms with Crippen LogP contribution in [0.4, 0.5) is 14.5 Å². The monoisotopic (exact) mass is 391 g/mol. The van der Waals surface area contributed by atoms with Gasteiger partial charge in [-0.1, -0.05) is 6.07 Å². The van der Waals surface area contributed by atoms with Gasteiger partial charge in [0.2, 0.25) is 0 Å². The Morgan fingerprint density at radius 2 is 1.75 bits per heavy atom. The number of methoxy groups -OCH3 is 2. The summed E-state index contributed by atoms with van der Waals surface area (Å²) in [4.78, 5) is 23.9. The fraction of sp³-hybridized carbons (Fsp3) is 0.200. The number of halogens is 2. The average Bonchev–Trinajstić information content (AvgIpc) is 2.68. The maximum atomic E-state index is 13.6. The predicted octanol–water partition coefficient (Wildman–Crippen LogP) is 3.57. The molecule has 0 spiro atoms. The molecule has 1 atom stereocenters. The Bertz CT molecular complexity index is 898. The second-order valence-electron chi connectivity index (χ2n) is 5.64. The Hall–Kier alpha value is -3.42. The lowest BCUT2D eigenvalue weighted by molar-refractivity contribution is -0.148. The van der Waals surface area contributed by atoms with Crippen molar-refractivity contribution in [1.82, 2.24) is 0 Å². The van der Waals surface area contributed by atoms with Crippen LogP contribution < -0.4 is 14.8 Å². The van der Waals surface area contributed by atoms with Gasteiger partial charge in [-0.25, -0.2) is 13.6 Å². The van der Waals surface area contributed by atoms with E-state index >= 15 is 0 Å². The first-order valence-corrected chi connectivity index (χ1v) is 8.20. The summed E-state index contributed by atoms with van der Waals surface area (Å²) in [5, 5.41) is 2.23. The van der Waals surface area contributed by atoms with Gasteiger partial charge in [-0.05, 0) is 42.8 Å². The van der Waals surface area contributed by atoms with E-state index < -0.39 is 29.6 Å². The van der Waals surface area contributed by atoms with Crippen molar-refractivity contribution >= 4 is 23.6 Å². The first kappa shape index (κ1) is 20.9. The molecule has 2 aromatic carbocycles. The molecule has 148 valence electrons. The molecule has 2 aromatic rings. The van der Waals surface area contributed by atoms with Gasteiger partial charge in [0.15, 0.2) is 17.6 Å². The van der Waals surface area contributed by atoms with E-state index in [1.165, 1.54) is 27.2 Å². The number of ether oxygens (including phenoxy) is 3. The molecule has 8 heteroatoms. The summed E-state index contributed by atoms with van der Waals surface area (Å²) >= 11 is 0. The van der Waals surface area contributed by atoms with E-state index in [-0.39, 0.29) is 5.69 Å². The van der Waals surface area contributed by atoms with Crippen LogP contribution in [0.15, 0.2) is 42.5 Å². The third kappa shape index (κ3) is 5.54. The number of rotatable bonds is 7. The molecule has 0 fully saturated rings. The molecule has 1 N–H and O–H groups in total. The van der Waals surface area contributed by atoms with E-state index in [0.717, 1.165) is 18.2 Å². The van der Waals surface area contributed by atoms with Crippen LogP contribution in [0.25, 0.3) is 6.08 Å². The lowest BCUT2D eigenvalue weighted by Gasteiger charge is -2.13. The third-order valence-corrected chi connectivity index (χ3v) is 3.67. The zero-order chi connectivity index (χ0) is 20.7. The lowest BCUT2D eigenvalue weighted by Crippen LogP contribution is -2.29. The summed E-state index contributed by atoms with van der Waals surface area (Å²) in [7, 11) is 3.00. The summed E-state index contributed by atoms with van der Waals surface area (Å²) in [6, 6.07) is 7.76. The normalized spacial score (nSPS) is 11.8. The molecule has 6 nitrogen and oxygen atoms in total. The van der Waals surface area contributed by atoms with Crippen LogP contribution in [0.1, 0.15) is 12.5 Å². The van der Waals surface area contributed by atoms with Gasteiger partial charge in [0.05, 0.1) is 19.9 Å². The second-order valence-corrected chi connectivity index (χ2v) is 5.64. The minimum absolute atomic E-state index is 0.213. The number of amides is 1. The number of benzene rings is 2. The molecule has 2 rings (SSSR count). The van der Waals surface area contributed by atoms with Crippen molar-refractivity contribution in [1.29, 1.82) is 0 Å². The van der Waals surface area contributed by atoms with Gasteiger partial charge in [0, 0.05) is 12.1 Å². The predicted molar refractivity (Wildman–Crippen MR) is 99.1 cm³/mol. The Morgan fingerprint density at radius 3 is 2.39 bits per heavy atom. The van der Waals surface area contributed by atoms with E-state index in [9.17, 15) is 18.4 Å². The van der Waals surface area contributed by atoms with Gasteiger partial charge < -0.3 is 19.5 Å². The highest BCUT2D eigenvalue weighted by molar-refractivity contribution is 5.96. The van der Waals surface area contributed by atoms with Crippen LogP contribution >= 0.6 is 0 Å². The Labute approximate surface area is 160 Å². The molecule has 1 amide bonds. The number of esters is 1. The Morgan fingerprint density at radius 1 is 1.04 bits per heavy atom. The first-order valence-electron chi connectivity index (χ1n) is 8.20. The number of carbonyl (C=O) groups is 2. The van der Waals surface area contributed by atoms with Crippen molar-refractivity contribution in [2.24, 2.45) is 0 Å². The number of hydrogen-bond donors (Lipinski definition) is 1.